The summed E-state index contributed by atoms with van der Waals surface area (Å²) in [7, 11) is 8.17. The van der Waals surface area contributed by atoms with E-state index in [4.69, 9.17) is 52.1 Å². The Labute approximate surface area is 291 Å². The average Bonchev–Trinajstić information content (AvgIpc) is 3.15. The number of hydrogen-bond donors (Lipinski definition) is 6. The van der Waals surface area contributed by atoms with Crippen molar-refractivity contribution in [2.75, 3.05) is 55.9 Å². The van der Waals surface area contributed by atoms with Crippen LogP contribution in [0, 0.1) is 0 Å². The number of ether oxygens (including phenoxy) is 11. The zero-order chi connectivity index (χ0) is 37.6. The molecule has 4 rings (SSSR count). The van der Waals surface area contributed by atoms with Gasteiger partial charge in [-0.25, -0.2) is 9.59 Å². The predicted molar refractivity (Wildman–Crippen MR) is 167 cm³/mol. The Morgan fingerprint density at radius 2 is 0.824 bits per heavy atom. The molecule has 2 aliphatic rings. The molecule has 2 fully saturated rings. The van der Waals surface area contributed by atoms with Gasteiger partial charge in [0.1, 0.15) is 62.0 Å². The summed E-state index contributed by atoms with van der Waals surface area (Å²) in [5.41, 5.74) is -0.0436. The minimum atomic E-state index is -1.93. The summed E-state index contributed by atoms with van der Waals surface area (Å²) in [5, 5.41) is 63.5. The van der Waals surface area contributed by atoms with Gasteiger partial charge in [0.2, 0.25) is 11.5 Å². The zero-order valence-electron chi connectivity index (χ0n) is 28.5. The van der Waals surface area contributed by atoms with Crippen molar-refractivity contribution in [2.45, 2.75) is 61.4 Å². The molecular weight excluding hydrogens is 688 g/mol. The monoisotopic (exact) mass is 730 g/mol. The van der Waals surface area contributed by atoms with E-state index in [1.807, 2.05) is 0 Å². The SMILES string of the molecule is COc1cc(C(=O)OC[C@H]2O[C@H](O[C@H]3O[C@H](COC(=O)c4cc(OC)c(OC)c(OC)c4)[C@@H](O)[C@H](O)[C@H]3O)[C@H](O)[C@@H](O)[C@@H]2O)cc(OC)c1OC. The summed E-state index contributed by atoms with van der Waals surface area (Å²) >= 11 is 0. The van der Waals surface area contributed by atoms with Crippen LogP contribution in [0.2, 0.25) is 0 Å². The van der Waals surface area contributed by atoms with Gasteiger partial charge in [-0.3, -0.25) is 0 Å². The highest BCUT2D eigenvalue weighted by molar-refractivity contribution is 5.92. The number of benzene rings is 2. The van der Waals surface area contributed by atoms with Crippen LogP contribution in [0.4, 0.5) is 0 Å². The van der Waals surface area contributed by atoms with Gasteiger partial charge < -0.3 is 82.7 Å². The average molecular weight is 731 g/mol. The third kappa shape index (κ3) is 8.49. The number of aliphatic hydroxyl groups is 6. The summed E-state index contributed by atoms with van der Waals surface area (Å²) < 4.78 is 58.7. The maximum absolute atomic E-state index is 12.9. The molecule has 2 aromatic rings. The van der Waals surface area contributed by atoms with Crippen LogP contribution in [-0.4, -0.2) is 160 Å². The molecule has 2 saturated heterocycles. The highest BCUT2D eigenvalue weighted by Crippen LogP contribution is 2.39. The van der Waals surface area contributed by atoms with E-state index in [9.17, 15) is 40.2 Å². The normalized spacial score (nSPS) is 29.0. The molecule has 10 atom stereocenters. The fourth-order valence-electron chi connectivity index (χ4n) is 5.35. The van der Waals surface area contributed by atoms with Crippen molar-refractivity contribution in [1.29, 1.82) is 0 Å². The minimum Gasteiger partial charge on any atom is -0.493 e. The summed E-state index contributed by atoms with van der Waals surface area (Å²) in [5.74, 6) is -0.707. The Morgan fingerprint density at radius 1 is 0.510 bits per heavy atom. The number of aliphatic hydroxyl groups excluding tert-OH is 6. The molecule has 19 nitrogen and oxygen atoms in total. The Kier molecular flexibility index (Phi) is 13.5. The van der Waals surface area contributed by atoms with E-state index >= 15 is 0 Å². The second-order valence-electron chi connectivity index (χ2n) is 11.2. The summed E-state index contributed by atoms with van der Waals surface area (Å²) in [6.07, 6.45) is -17.9. The first-order chi connectivity index (χ1) is 24.3. The molecule has 0 aliphatic carbocycles. The smallest absolute Gasteiger partial charge is 0.338 e. The van der Waals surface area contributed by atoms with Crippen LogP contribution >= 0.6 is 0 Å². The highest BCUT2D eigenvalue weighted by atomic mass is 16.8. The predicted octanol–water partition coefficient (Wildman–Crippen LogP) is -1.62. The Morgan fingerprint density at radius 3 is 1.10 bits per heavy atom. The second kappa shape index (κ2) is 17.4. The van der Waals surface area contributed by atoms with E-state index in [0.29, 0.717) is 0 Å². The first kappa shape index (κ1) is 39.6. The fourth-order valence-corrected chi connectivity index (χ4v) is 5.35. The number of esters is 2. The Balaban J connectivity index is 1.43. The molecule has 51 heavy (non-hydrogen) atoms. The number of rotatable bonds is 14. The lowest BCUT2D eigenvalue weighted by atomic mass is 9.98. The van der Waals surface area contributed by atoms with E-state index in [-0.39, 0.29) is 45.6 Å². The molecule has 0 aromatic heterocycles. The summed E-state index contributed by atoms with van der Waals surface area (Å²) in [4.78, 5) is 25.8. The van der Waals surface area contributed by atoms with E-state index in [1.54, 1.807) is 0 Å². The number of carbonyl (C=O) groups excluding carboxylic acids is 2. The first-order valence-electron chi connectivity index (χ1n) is 15.3. The maximum Gasteiger partial charge on any atom is 0.338 e. The topological polar surface area (TPSA) is 257 Å². The van der Waals surface area contributed by atoms with Gasteiger partial charge in [-0.1, -0.05) is 0 Å². The molecule has 0 bridgehead atoms. The van der Waals surface area contributed by atoms with Crippen molar-refractivity contribution in [3.05, 3.63) is 35.4 Å². The van der Waals surface area contributed by atoms with Gasteiger partial charge in [0.15, 0.2) is 35.6 Å². The molecule has 284 valence electrons. The standard InChI is InChI=1S/C32H42O19/c1-41-15-7-13(8-16(42-2)27(15)45-5)29(39)47-11-19-21(33)23(35)25(37)31(49-19)51-32-26(38)24(36)22(34)20(50-32)12-48-30(40)14-9-17(43-3)28(46-6)18(10-14)44-4/h7-10,19-26,31-38H,11-12H2,1-6H3/t19-,20-,21-,22-,23+,24+,25-,26-,31-,32-/m1/s1. The quantitative estimate of drug-likeness (QED) is 0.119. The molecule has 0 radical (unpaired) electrons. The number of carbonyl (C=O) groups is 2. The maximum atomic E-state index is 12.9. The van der Waals surface area contributed by atoms with Crippen molar-refractivity contribution < 1.29 is 92.3 Å². The van der Waals surface area contributed by atoms with E-state index in [2.05, 4.69) is 0 Å². The third-order valence-corrected chi connectivity index (χ3v) is 8.16. The van der Waals surface area contributed by atoms with Crippen LogP contribution in [0.25, 0.3) is 0 Å². The van der Waals surface area contributed by atoms with Crippen molar-refractivity contribution >= 4 is 11.9 Å². The van der Waals surface area contributed by atoms with Crippen LogP contribution < -0.4 is 28.4 Å². The van der Waals surface area contributed by atoms with Gasteiger partial charge in [-0.2, -0.15) is 0 Å². The van der Waals surface area contributed by atoms with Gasteiger partial charge in [0.05, 0.1) is 53.8 Å². The van der Waals surface area contributed by atoms with Crippen molar-refractivity contribution in [3.63, 3.8) is 0 Å². The first-order valence-corrected chi connectivity index (χ1v) is 15.3. The van der Waals surface area contributed by atoms with Crippen molar-refractivity contribution in [2.24, 2.45) is 0 Å². The van der Waals surface area contributed by atoms with E-state index in [1.165, 1.54) is 66.9 Å². The van der Waals surface area contributed by atoms with Crippen LogP contribution in [0.5, 0.6) is 34.5 Å². The summed E-state index contributed by atoms with van der Waals surface area (Å²) in [6, 6.07) is 5.30. The third-order valence-electron chi connectivity index (χ3n) is 8.16. The van der Waals surface area contributed by atoms with Gasteiger partial charge >= 0.3 is 11.9 Å². The molecular formula is C32H42O19. The molecule has 19 heteroatoms. The second-order valence-corrected chi connectivity index (χ2v) is 11.2. The van der Waals surface area contributed by atoms with Gasteiger partial charge in [-0.15, -0.1) is 0 Å². The minimum absolute atomic E-state index is 0.0218. The van der Waals surface area contributed by atoms with E-state index < -0.39 is 86.6 Å². The molecule has 2 aromatic carbocycles. The van der Waals surface area contributed by atoms with Gasteiger partial charge in [-0.05, 0) is 24.3 Å². The molecule has 0 saturated carbocycles. The van der Waals surface area contributed by atoms with Crippen LogP contribution in [-0.2, 0) is 23.7 Å². The molecule has 0 amide bonds. The largest absolute Gasteiger partial charge is 0.493 e. The lowest BCUT2D eigenvalue weighted by Gasteiger charge is -2.44. The van der Waals surface area contributed by atoms with Crippen molar-refractivity contribution in [3.8, 4) is 34.5 Å². The Bertz CT molecular complexity index is 1340. The lowest BCUT2D eigenvalue weighted by Crippen LogP contribution is -2.64. The van der Waals surface area contributed by atoms with Crippen LogP contribution in [0.3, 0.4) is 0 Å². The van der Waals surface area contributed by atoms with Gasteiger partial charge in [0.25, 0.3) is 0 Å². The lowest BCUT2D eigenvalue weighted by molar-refractivity contribution is -0.376. The molecule has 6 N–H and O–H groups in total. The molecule has 2 aliphatic heterocycles. The zero-order valence-corrected chi connectivity index (χ0v) is 28.5. The number of hydrogen-bond acceptors (Lipinski definition) is 19. The molecule has 2 heterocycles. The molecule has 0 spiro atoms. The fraction of sp³-hybridized carbons (Fsp3) is 0.562. The molecule has 0 unspecified atom stereocenters. The van der Waals surface area contributed by atoms with Crippen molar-refractivity contribution in [1.82, 2.24) is 0 Å². The highest BCUT2D eigenvalue weighted by Gasteiger charge is 2.50. The summed E-state index contributed by atoms with van der Waals surface area (Å²) in [6.45, 7) is -1.32. The number of methoxy groups -OCH3 is 6. The van der Waals surface area contributed by atoms with E-state index in [0.717, 1.165) is 0 Å². The van der Waals surface area contributed by atoms with Crippen LogP contribution in [0.1, 0.15) is 20.7 Å². The van der Waals surface area contributed by atoms with Gasteiger partial charge in [0, 0.05) is 0 Å². The van der Waals surface area contributed by atoms with Crippen LogP contribution in [0.15, 0.2) is 24.3 Å². The Hall–Kier alpha value is -4.18.